The number of hydrogen-bond donors (Lipinski definition) is 1. The molecule has 2 unspecified atom stereocenters. The van der Waals surface area contributed by atoms with Crippen LogP contribution in [-0.2, 0) is 21.8 Å². The molecule has 11 heteroatoms. The maximum Gasteiger partial charge on any atom is 0.267 e. The van der Waals surface area contributed by atoms with Gasteiger partial charge in [-0.1, -0.05) is 12.1 Å². The van der Waals surface area contributed by atoms with Crippen molar-refractivity contribution in [2.75, 3.05) is 20.3 Å². The molecular formula is C20H23N5O5S. The van der Waals surface area contributed by atoms with Crippen LogP contribution in [0.25, 0.3) is 11.3 Å². The second kappa shape index (κ2) is 8.25. The van der Waals surface area contributed by atoms with E-state index in [0.29, 0.717) is 17.3 Å². The number of nitrogens with one attached hydrogen (secondary N) is 1. The van der Waals surface area contributed by atoms with Crippen LogP contribution in [-0.4, -0.2) is 54.1 Å². The molecule has 3 aromatic rings. The number of nitrogens with zero attached hydrogens (tertiary/aromatic N) is 4. The predicted molar refractivity (Wildman–Crippen MR) is 112 cm³/mol. The van der Waals surface area contributed by atoms with E-state index < -0.39 is 22.1 Å². The zero-order chi connectivity index (χ0) is 22.2. The Hall–Kier alpha value is -3.02. The summed E-state index contributed by atoms with van der Waals surface area (Å²) in [4.78, 5) is 16.7. The van der Waals surface area contributed by atoms with Crippen molar-refractivity contribution in [2.24, 2.45) is 7.05 Å². The molecule has 0 saturated carbocycles. The van der Waals surface area contributed by atoms with Crippen LogP contribution in [0.2, 0.25) is 0 Å². The summed E-state index contributed by atoms with van der Waals surface area (Å²) >= 11 is 0. The molecule has 1 N–H and O–H groups in total. The molecule has 1 fully saturated rings. The van der Waals surface area contributed by atoms with Crippen LogP contribution in [0.5, 0.6) is 5.75 Å². The summed E-state index contributed by atoms with van der Waals surface area (Å²) in [7, 11) is -0.601. The monoisotopic (exact) mass is 445 g/mol. The zero-order valence-corrected chi connectivity index (χ0v) is 18.2. The van der Waals surface area contributed by atoms with Gasteiger partial charge in [0.05, 0.1) is 38.1 Å². The van der Waals surface area contributed by atoms with Crippen molar-refractivity contribution in [3.63, 3.8) is 0 Å². The lowest BCUT2D eigenvalue weighted by molar-refractivity contribution is 0.182. The fourth-order valence-electron chi connectivity index (χ4n) is 3.41. The van der Waals surface area contributed by atoms with E-state index in [1.807, 2.05) is 24.3 Å². The summed E-state index contributed by atoms with van der Waals surface area (Å²) in [5.41, 5.74) is 0.987. The van der Waals surface area contributed by atoms with Gasteiger partial charge < -0.3 is 14.0 Å². The Morgan fingerprint density at radius 1 is 1.23 bits per heavy atom. The number of benzene rings is 1. The SMILES string of the molecule is COc1cccc(-c2ccc(=O)n(C3COCC3NS(=O)(=O)c3cn(C)c(C)n3)n2)c1. The third-order valence-electron chi connectivity index (χ3n) is 5.22. The van der Waals surface area contributed by atoms with Gasteiger partial charge in [0.1, 0.15) is 11.6 Å². The van der Waals surface area contributed by atoms with Crippen molar-refractivity contribution < 1.29 is 17.9 Å². The van der Waals surface area contributed by atoms with Gasteiger partial charge >= 0.3 is 0 Å². The minimum Gasteiger partial charge on any atom is -0.497 e. The van der Waals surface area contributed by atoms with Crippen LogP contribution in [0.1, 0.15) is 11.9 Å². The molecule has 3 heterocycles. The number of imidazole rings is 1. The number of rotatable bonds is 6. The molecular weight excluding hydrogens is 422 g/mol. The maximum atomic E-state index is 12.8. The van der Waals surface area contributed by atoms with E-state index in [2.05, 4.69) is 14.8 Å². The summed E-state index contributed by atoms with van der Waals surface area (Å²) in [6.45, 7) is 1.99. The average molecular weight is 446 g/mol. The normalized spacial score (nSPS) is 18.9. The third-order valence-corrected chi connectivity index (χ3v) is 6.58. The summed E-state index contributed by atoms with van der Waals surface area (Å²) in [6.07, 6.45) is 1.44. The second-order valence-corrected chi connectivity index (χ2v) is 8.96. The molecule has 0 bridgehead atoms. The molecule has 0 amide bonds. The molecule has 0 spiro atoms. The number of methoxy groups -OCH3 is 1. The predicted octanol–water partition coefficient (Wildman–Crippen LogP) is 0.879. The average Bonchev–Trinajstić information content (AvgIpc) is 3.34. The van der Waals surface area contributed by atoms with Gasteiger partial charge in [0.25, 0.3) is 15.6 Å². The van der Waals surface area contributed by atoms with E-state index in [1.165, 1.54) is 16.9 Å². The van der Waals surface area contributed by atoms with Crippen molar-refractivity contribution in [1.29, 1.82) is 0 Å². The summed E-state index contributed by atoms with van der Waals surface area (Å²) in [5.74, 6) is 1.24. The molecule has 164 valence electrons. The number of aryl methyl sites for hydroxylation is 2. The lowest BCUT2D eigenvalue weighted by Crippen LogP contribution is -2.44. The van der Waals surface area contributed by atoms with E-state index >= 15 is 0 Å². The van der Waals surface area contributed by atoms with Crippen molar-refractivity contribution in [2.45, 2.75) is 24.0 Å². The maximum absolute atomic E-state index is 12.8. The highest BCUT2D eigenvalue weighted by atomic mass is 32.2. The lowest BCUT2D eigenvalue weighted by Gasteiger charge is -2.20. The Kier molecular flexibility index (Phi) is 5.65. The Morgan fingerprint density at radius 3 is 2.74 bits per heavy atom. The number of ether oxygens (including phenoxy) is 2. The van der Waals surface area contributed by atoms with Gasteiger partial charge in [-0.3, -0.25) is 4.79 Å². The highest BCUT2D eigenvalue weighted by Gasteiger charge is 2.35. The van der Waals surface area contributed by atoms with Gasteiger partial charge in [-0.25, -0.2) is 22.8 Å². The smallest absolute Gasteiger partial charge is 0.267 e. The molecule has 2 atom stereocenters. The van der Waals surface area contributed by atoms with E-state index in [-0.39, 0.29) is 23.8 Å². The van der Waals surface area contributed by atoms with Crippen molar-refractivity contribution in [3.05, 3.63) is 58.8 Å². The van der Waals surface area contributed by atoms with Crippen molar-refractivity contribution >= 4 is 10.0 Å². The molecule has 31 heavy (non-hydrogen) atoms. The Labute approximate surface area is 179 Å². The van der Waals surface area contributed by atoms with E-state index in [0.717, 1.165) is 5.56 Å². The molecule has 0 aliphatic carbocycles. The summed E-state index contributed by atoms with van der Waals surface area (Å²) in [5, 5.41) is 4.41. The largest absolute Gasteiger partial charge is 0.497 e. The Bertz CT molecular complexity index is 1250. The number of hydrogen-bond acceptors (Lipinski definition) is 7. The van der Waals surface area contributed by atoms with Crippen molar-refractivity contribution in [3.8, 4) is 17.0 Å². The van der Waals surface area contributed by atoms with Crippen LogP contribution in [0, 0.1) is 6.92 Å². The van der Waals surface area contributed by atoms with Crippen molar-refractivity contribution in [1.82, 2.24) is 24.1 Å². The molecule has 1 aliphatic heterocycles. The van der Waals surface area contributed by atoms with E-state index in [9.17, 15) is 13.2 Å². The number of aromatic nitrogens is 4. The van der Waals surface area contributed by atoms with Crippen LogP contribution in [0.4, 0.5) is 0 Å². The third kappa shape index (κ3) is 4.24. The molecule has 10 nitrogen and oxygen atoms in total. The fourth-order valence-corrected chi connectivity index (χ4v) is 4.70. The van der Waals surface area contributed by atoms with Gasteiger partial charge in [0, 0.05) is 24.9 Å². The molecule has 1 aliphatic rings. The highest BCUT2D eigenvalue weighted by Crippen LogP contribution is 2.24. The lowest BCUT2D eigenvalue weighted by atomic mass is 10.1. The first kappa shape index (κ1) is 21.2. The second-order valence-electron chi connectivity index (χ2n) is 7.30. The molecule has 1 saturated heterocycles. The minimum absolute atomic E-state index is 0.0800. The number of sulfonamides is 1. The van der Waals surface area contributed by atoms with E-state index in [1.54, 1.807) is 31.7 Å². The minimum atomic E-state index is -3.89. The molecule has 1 aromatic carbocycles. The topological polar surface area (TPSA) is 117 Å². The zero-order valence-electron chi connectivity index (χ0n) is 17.3. The highest BCUT2D eigenvalue weighted by molar-refractivity contribution is 7.89. The Morgan fingerprint density at radius 2 is 2.03 bits per heavy atom. The first-order valence-corrected chi connectivity index (χ1v) is 11.1. The fraction of sp³-hybridized carbons (Fsp3) is 0.350. The summed E-state index contributed by atoms with van der Waals surface area (Å²) < 4.78 is 41.9. The van der Waals surface area contributed by atoms with Crippen LogP contribution < -0.4 is 15.0 Å². The first-order valence-electron chi connectivity index (χ1n) is 9.63. The molecule has 2 aromatic heterocycles. The van der Waals surface area contributed by atoms with Crippen LogP contribution >= 0.6 is 0 Å². The van der Waals surface area contributed by atoms with E-state index in [4.69, 9.17) is 9.47 Å². The van der Waals surface area contributed by atoms with Gasteiger partial charge in [0.2, 0.25) is 0 Å². The molecule has 0 radical (unpaired) electrons. The standard InChI is InChI=1S/C20H23N5O5S/c1-13-21-19(10-24(13)2)31(27,28)23-17-11-30-12-18(17)25-20(26)8-7-16(22-25)14-5-4-6-15(9-14)29-3/h4-10,17-18,23H,11-12H2,1-3H3. The first-order chi connectivity index (χ1) is 14.8. The molecule has 4 rings (SSSR count). The van der Waals surface area contributed by atoms with Crippen LogP contribution in [0.3, 0.4) is 0 Å². The van der Waals surface area contributed by atoms with Gasteiger partial charge in [-0.15, -0.1) is 0 Å². The van der Waals surface area contributed by atoms with Gasteiger partial charge in [0.15, 0.2) is 5.03 Å². The van der Waals surface area contributed by atoms with Gasteiger partial charge in [-0.2, -0.15) is 5.10 Å². The van der Waals surface area contributed by atoms with Crippen LogP contribution in [0.15, 0.2) is 52.4 Å². The Balaban J connectivity index is 1.64. The summed E-state index contributed by atoms with van der Waals surface area (Å²) in [6, 6.07) is 9.08. The van der Waals surface area contributed by atoms with Gasteiger partial charge in [-0.05, 0) is 25.1 Å². The quantitative estimate of drug-likeness (QED) is 0.598.